The monoisotopic (exact) mass is 595 g/mol. The molecule has 4 rings (SSSR count). The zero-order chi connectivity index (χ0) is 29.6. The van der Waals surface area contributed by atoms with Gasteiger partial charge in [-0.2, -0.15) is 0 Å². The average Bonchev–Trinajstić information content (AvgIpc) is 2.96. The van der Waals surface area contributed by atoms with Gasteiger partial charge in [-0.15, -0.1) is 0 Å². The van der Waals surface area contributed by atoms with E-state index in [-0.39, 0.29) is 23.4 Å². The van der Waals surface area contributed by atoms with Crippen LogP contribution in [0.4, 0.5) is 5.69 Å². The fraction of sp³-hybridized carbons (Fsp3) is 0.375. The number of rotatable bonds is 10. The molecule has 1 N–H and O–H groups in total. The number of carbonyl (C=O) groups excluding carboxylic acids is 2. The lowest BCUT2D eigenvalue weighted by Gasteiger charge is -2.33. The lowest BCUT2D eigenvalue weighted by molar-refractivity contribution is -0.139. The van der Waals surface area contributed by atoms with Gasteiger partial charge < -0.3 is 10.2 Å². The van der Waals surface area contributed by atoms with Crippen molar-refractivity contribution in [2.45, 2.75) is 76.4 Å². The van der Waals surface area contributed by atoms with Gasteiger partial charge in [0.05, 0.1) is 10.6 Å². The number of anilines is 1. The Morgan fingerprint density at radius 2 is 1.49 bits per heavy atom. The van der Waals surface area contributed by atoms with Gasteiger partial charge in [0.1, 0.15) is 12.6 Å². The van der Waals surface area contributed by atoms with Crippen molar-refractivity contribution in [1.82, 2.24) is 10.2 Å². The molecule has 3 aromatic rings. The maximum Gasteiger partial charge on any atom is 0.264 e. The highest BCUT2D eigenvalue weighted by molar-refractivity contribution is 7.92. The summed E-state index contributed by atoms with van der Waals surface area (Å²) in [7, 11) is -4.10. The van der Waals surface area contributed by atoms with Crippen LogP contribution in [0.5, 0.6) is 0 Å². The summed E-state index contributed by atoms with van der Waals surface area (Å²) in [5.41, 5.74) is 2.91. The summed E-state index contributed by atoms with van der Waals surface area (Å²) in [5.74, 6) is -0.770. The minimum atomic E-state index is -4.10. The Balaban J connectivity index is 1.68. The minimum absolute atomic E-state index is 0.0596. The molecule has 1 atom stereocenters. The zero-order valence-corrected chi connectivity index (χ0v) is 25.4. The Morgan fingerprint density at radius 1 is 0.902 bits per heavy atom. The van der Waals surface area contributed by atoms with Crippen LogP contribution in [0.15, 0.2) is 77.7 Å². The van der Waals surface area contributed by atoms with Crippen molar-refractivity contribution in [3.63, 3.8) is 0 Å². The van der Waals surface area contributed by atoms with Crippen molar-refractivity contribution in [1.29, 1.82) is 0 Å². The fourth-order valence-electron chi connectivity index (χ4n) is 5.04. The highest BCUT2D eigenvalue weighted by atomic mass is 35.5. The molecule has 7 nitrogen and oxygen atoms in total. The van der Waals surface area contributed by atoms with E-state index in [2.05, 4.69) is 5.32 Å². The Labute approximate surface area is 248 Å². The van der Waals surface area contributed by atoms with Gasteiger partial charge in [0.15, 0.2) is 0 Å². The van der Waals surface area contributed by atoms with Crippen LogP contribution in [0.2, 0.25) is 5.02 Å². The molecule has 0 aliphatic heterocycles. The average molecular weight is 596 g/mol. The topological polar surface area (TPSA) is 86.8 Å². The summed E-state index contributed by atoms with van der Waals surface area (Å²) in [6.45, 7) is 5.04. The lowest BCUT2D eigenvalue weighted by Crippen LogP contribution is -2.53. The van der Waals surface area contributed by atoms with Crippen LogP contribution in [0.3, 0.4) is 0 Å². The largest absolute Gasteiger partial charge is 0.352 e. The van der Waals surface area contributed by atoms with Crippen molar-refractivity contribution < 1.29 is 18.0 Å². The molecule has 0 bridgehead atoms. The van der Waals surface area contributed by atoms with E-state index in [0.717, 1.165) is 47.5 Å². The Kier molecular flexibility index (Phi) is 10.1. The van der Waals surface area contributed by atoms with Gasteiger partial charge in [0.2, 0.25) is 11.8 Å². The van der Waals surface area contributed by atoms with Gasteiger partial charge in [-0.1, -0.05) is 84.5 Å². The normalized spacial score (nSPS) is 14.7. The maximum absolute atomic E-state index is 14.1. The Bertz CT molecular complexity index is 1450. The smallest absolute Gasteiger partial charge is 0.264 e. The van der Waals surface area contributed by atoms with Crippen LogP contribution in [0, 0.1) is 13.8 Å². The molecule has 2 amide bonds. The van der Waals surface area contributed by atoms with E-state index in [9.17, 15) is 18.0 Å². The minimum Gasteiger partial charge on any atom is -0.352 e. The third kappa shape index (κ3) is 7.68. The molecule has 1 aliphatic carbocycles. The summed E-state index contributed by atoms with van der Waals surface area (Å²) in [6.07, 6.45) is 5.09. The highest BCUT2D eigenvalue weighted by Crippen LogP contribution is 2.26. The maximum atomic E-state index is 14.1. The van der Waals surface area contributed by atoms with Crippen molar-refractivity contribution in [3.8, 4) is 0 Å². The SMILES string of the molecule is Cc1ccc(N(CC(=O)N(Cc2ccccc2Cl)[C@@H](C)C(=O)NC2CCCCC2)S(=O)(=O)c2ccc(C)cc2)cc1. The summed E-state index contributed by atoms with van der Waals surface area (Å²) in [5, 5.41) is 3.57. The molecule has 0 unspecified atom stereocenters. The molecule has 1 fully saturated rings. The molecule has 1 aliphatic rings. The first-order valence-corrected chi connectivity index (χ1v) is 15.9. The molecule has 41 heavy (non-hydrogen) atoms. The van der Waals surface area contributed by atoms with E-state index in [1.807, 2.05) is 19.9 Å². The molecule has 3 aromatic carbocycles. The zero-order valence-electron chi connectivity index (χ0n) is 23.8. The van der Waals surface area contributed by atoms with Gasteiger partial charge >= 0.3 is 0 Å². The number of nitrogens with zero attached hydrogens (tertiary/aromatic N) is 2. The molecule has 1 saturated carbocycles. The first-order valence-electron chi connectivity index (χ1n) is 14.1. The van der Waals surface area contributed by atoms with Crippen molar-refractivity contribution >= 4 is 39.1 Å². The van der Waals surface area contributed by atoms with Crippen LogP contribution in [-0.2, 0) is 26.2 Å². The first-order chi connectivity index (χ1) is 19.6. The molecular formula is C32H38ClN3O4S. The summed E-state index contributed by atoms with van der Waals surface area (Å²) >= 11 is 6.45. The van der Waals surface area contributed by atoms with Gasteiger partial charge in [-0.3, -0.25) is 13.9 Å². The fourth-order valence-corrected chi connectivity index (χ4v) is 6.65. The molecule has 0 heterocycles. The van der Waals surface area contributed by atoms with Crippen LogP contribution in [-0.4, -0.2) is 43.8 Å². The molecule has 218 valence electrons. The van der Waals surface area contributed by atoms with Crippen molar-refractivity contribution in [3.05, 3.63) is 94.5 Å². The third-order valence-electron chi connectivity index (χ3n) is 7.63. The number of sulfonamides is 1. The molecule has 0 aromatic heterocycles. The van der Waals surface area contributed by atoms with Gasteiger partial charge in [-0.25, -0.2) is 8.42 Å². The number of amides is 2. The molecular weight excluding hydrogens is 558 g/mol. The number of nitrogens with one attached hydrogen (secondary N) is 1. The quantitative estimate of drug-likeness (QED) is 0.311. The summed E-state index contributed by atoms with van der Waals surface area (Å²) in [6, 6.07) is 19.9. The van der Waals surface area contributed by atoms with Gasteiger partial charge in [-0.05, 0) is 69.5 Å². The van der Waals surface area contributed by atoms with E-state index in [0.29, 0.717) is 16.3 Å². The Morgan fingerprint density at radius 3 is 2.10 bits per heavy atom. The number of benzene rings is 3. The Hall–Kier alpha value is -3.36. The summed E-state index contributed by atoms with van der Waals surface area (Å²) < 4.78 is 29.0. The van der Waals surface area contributed by atoms with Crippen LogP contribution >= 0.6 is 11.6 Å². The number of carbonyl (C=O) groups is 2. The number of aryl methyl sites for hydroxylation is 2. The van der Waals surface area contributed by atoms with Crippen molar-refractivity contribution in [2.24, 2.45) is 0 Å². The van der Waals surface area contributed by atoms with Crippen LogP contribution < -0.4 is 9.62 Å². The third-order valence-corrected chi connectivity index (χ3v) is 9.78. The second-order valence-corrected chi connectivity index (χ2v) is 13.1. The second kappa shape index (κ2) is 13.5. The van der Waals surface area contributed by atoms with E-state index >= 15 is 0 Å². The van der Waals surface area contributed by atoms with E-state index in [4.69, 9.17) is 11.6 Å². The summed E-state index contributed by atoms with van der Waals surface area (Å²) in [4.78, 5) is 29.0. The standard InChI is InChI=1S/C32H38ClN3O4S/c1-23-13-17-28(18-14-23)36(41(39,40)29-19-15-24(2)16-20-29)22-31(37)35(21-26-9-7-8-12-30(26)33)25(3)32(38)34-27-10-5-4-6-11-27/h7-9,12-20,25,27H,4-6,10-11,21-22H2,1-3H3,(H,34,38)/t25-/m0/s1. The van der Waals surface area contributed by atoms with Gasteiger partial charge in [0, 0.05) is 17.6 Å². The number of halogens is 1. The molecule has 9 heteroatoms. The van der Waals surface area contributed by atoms with E-state index < -0.39 is 28.5 Å². The number of hydrogen-bond donors (Lipinski definition) is 1. The predicted molar refractivity (Wildman–Crippen MR) is 163 cm³/mol. The molecule has 0 saturated heterocycles. The molecule has 0 radical (unpaired) electrons. The van der Waals surface area contributed by atoms with Crippen molar-refractivity contribution in [2.75, 3.05) is 10.8 Å². The molecule has 0 spiro atoms. The lowest BCUT2D eigenvalue weighted by atomic mass is 9.95. The van der Waals surface area contributed by atoms with Gasteiger partial charge in [0.25, 0.3) is 10.0 Å². The van der Waals surface area contributed by atoms with Crippen LogP contribution in [0.25, 0.3) is 0 Å². The highest BCUT2D eigenvalue weighted by Gasteiger charge is 2.33. The predicted octanol–water partition coefficient (Wildman–Crippen LogP) is 6.02. The van der Waals surface area contributed by atoms with E-state index in [1.54, 1.807) is 61.5 Å². The first kappa shape index (κ1) is 30.6. The van der Waals surface area contributed by atoms with E-state index in [1.165, 1.54) is 17.0 Å². The van der Waals surface area contributed by atoms with Crippen LogP contribution in [0.1, 0.15) is 55.7 Å². The number of hydrogen-bond acceptors (Lipinski definition) is 4. The second-order valence-electron chi connectivity index (χ2n) is 10.8.